The van der Waals surface area contributed by atoms with Crippen LogP contribution in [0.5, 0.6) is 0 Å². The average molecular weight is 231 g/mol. The predicted octanol–water partition coefficient (Wildman–Crippen LogP) is 1.87. The molecule has 0 aromatic carbocycles. The minimum absolute atomic E-state index is 0.0214. The van der Waals surface area contributed by atoms with Crippen LogP contribution in [0.4, 0.5) is 4.39 Å². The van der Waals surface area contributed by atoms with Gasteiger partial charge < -0.3 is 10.4 Å². The van der Waals surface area contributed by atoms with E-state index < -0.39 is 23.1 Å². The number of amides is 1. The molecule has 2 N–H and O–H groups in total. The van der Waals surface area contributed by atoms with E-state index in [1.165, 1.54) is 13.8 Å². The Hall–Kier alpha value is -1.39. The molecule has 0 bridgehead atoms. The maximum Gasteiger partial charge on any atom is 0.309 e. The van der Waals surface area contributed by atoms with Gasteiger partial charge in [0.05, 0.1) is 5.41 Å². The third-order valence-electron chi connectivity index (χ3n) is 2.47. The molecular formula is C11H18FNO3. The number of carboxylic acid groups (broad SMARTS) is 1. The largest absolute Gasteiger partial charge is 0.481 e. The highest BCUT2D eigenvalue weighted by atomic mass is 19.1. The molecule has 0 saturated heterocycles. The fourth-order valence-corrected chi connectivity index (χ4v) is 0.884. The van der Waals surface area contributed by atoms with Crippen molar-refractivity contribution in [3.8, 4) is 0 Å². The van der Waals surface area contributed by atoms with Crippen LogP contribution in [0, 0.1) is 5.41 Å². The van der Waals surface area contributed by atoms with Crippen molar-refractivity contribution in [2.75, 3.05) is 6.54 Å². The van der Waals surface area contributed by atoms with E-state index >= 15 is 0 Å². The van der Waals surface area contributed by atoms with Crippen molar-refractivity contribution < 1.29 is 19.1 Å². The molecule has 0 fully saturated rings. The lowest BCUT2D eigenvalue weighted by Gasteiger charge is -2.18. The molecule has 4 nitrogen and oxygen atoms in total. The summed E-state index contributed by atoms with van der Waals surface area (Å²) < 4.78 is 12.7. The summed E-state index contributed by atoms with van der Waals surface area (Å²) in [7, 11) is 0. The standard InChI is InChI=1S/C11H18FNO3/c1-7(8(2)12)9(14)13-6-5-11(3,4)10(15)16/h5-6H2,1-4H3,(H,13,14)(H,15,16). The van der Waals surface area contributed by atoms with Crippen LogP contribution in [-0.4, -0.2) is 23.5 Å². The second-order valence-corrected chi connectivity index (χ2v) is 4.35. The molecule has 1 amide bonds. The third kappa shape index (κ3) is 4.42. The van der Waals surface area contributed by atoms with E-state index in [9.17, 15) is 14.0 Å². The van der Waals surface area contributed by atoms with Crippen molar-refractivity contribution in [3.05, 3.63) is 11.4 Å². The Morgan fingerprint density at radius 3 is 2.19 bits per heavy atom. The monoisotopic (exact) mass is 231 g/mol. The van der Waals surface area contributed by atoms with Gasteiger partial charge in [-0.2, -0.15) is 0 Å². The minimum Gasteiger partial charge on any atom is -0.481 e. The maximum absolute atomic E-state index is 12.7. The van der Waals surface area contributed by atoms with Crippen LogP contribution in [-0.2, 0) is 9.59 Å². The number of hydrogen-bond donors (Lipinski definition) is 2. The highest BCUT2D eigenvalue weighted by Crippen LogP contribution is 2.19. The fraction of sp³-hybridized carbons (Fsp3) is 0.636. The lowest BCUT2D eigenvalue weighted by atomic mass is 9.90. The molecule has 0 radical (unpaired) electrons. The molecule has 0 heterocycles. The number of halogens is 1. The molecule has 92 valence electrons. The van der Waals surface area contributed by atoms with Gasteiger partial charge in [0.1, 0.15) is 5.83 Å². The first-order chi connectivity index (χ1) is 7.18. The maximum atomic E-state index is 12.7. The normalized spacial score (nSPS) is 13.1. The van der Waals surface area contributed by atoms with Crippen LogP contribution >= 0.6 is 0 Å². The van der Waals surface area contributed by atoms with Crippen LogP contribution in [0.15, 0.2) is 11.4 Å². The van der Waals surface area contributed by atoms with Crippen molar-refractivity contribution in [3.63, 3.8) is 0 Å². The van der Waals surface area contributed by atoms with Crippen molar-refractivity contribution in [1.29, 1.82) is 0 Å². The van der Waals surface area contributed by atoms with Gasteiger partial charge in [-0.1, -0.05) is 0 Å². The molecule has 0 atom stereocenters. The number of carboxylic acids is 1. The van der Waals surface area contributed by atoms with Crippen LogP contribution in [0.25, 0.3) is 0 Å². The zero-order valence-corrected chi connectivity index (χ0v) is 10.1. The first-order valence-corrected chi connectivity index (χ1v) is 5.03. The number of hydrogen-bond acceptors (Lipinski definition) is 2. The molecule has 0 unspecified atom stereocenters. The summed E-state index contributed by atoms with van der Waals surface area (Å²) in [5.74, 6) is -1.95. The first-order valence-electron chi connectivity index (χ1n) is 5.03. The number of carbonyl (C=O) groups excluding carboxylic acids is 1. The molecule has 5 heteroatoms. The van der Waals surface area contributed by atoms with Gasteiger partial charge in [0.15, 0.2) is 0 Å². The zero-order chi connectivity index (χ0) is 12.9. The molecule has 0 aromatic rings. The zero-order valence-electron chi connectivity index (χ0n) is 10.1. The lowest BCUT2D eigenvalue weighted by molar-refractivity contribution is -0.147. The Kier molecular flexibility index (Phi) is 5.14. The van der Waals surface area contributed by atoms with Gasteiger partial charge in [0.25, 0.3) is 0 Å². The van der Waals surface area contributed by atoms with Gasteiger partial charge in [-0.25, -0.2) is 4.39 Å². The van der Waals surface area contributed by atoms with Crippen LogP contribution in [0.2, 0.25) is 0 Å². The summed E-state index contributed by atoms with van der Waals surface area (Å²) in [6.45, 7) is 5.95. The summed E-state index contributed by atoms with van der Waals surface area (Å²) in [6.07, 6.45) is 0.298. The second kappa shape index (κ2) is 5.63. The molecule has 0 spiro atoms. The van der Waals surface area contributed by atoms with Gasteiger partial charge in [0, 0.05) is 12.1 Å². The first kappa shape index (κ1) is 14.6. The number of carbonyl (C=O) groups is 2. The summed E-state index contributed by atoms with van der Waals surface area (Å²) in [5, 5.41) is 11.3. The van der Waals surface area contributed by atoms with Gasteiger partial charge in [-0.3, -0.25) is 9.59 Å². The number of nitrogens with one attached hydrogen (secondary N) is 1. The Labute approximate surface area is 94.5 Å². The van der Waals surface area contributed by atoms with Crippen LogP contribution in [0.3, 0.4) is 0 Å². The Morgan fingerprint density at radius 1 is 1.31 bits per heavy atom. The van der Waals surface area contributed by atoms with Crippen LogP contribution < -0.4 is 5.32 Å². The lowest BCUT2D eigenvalue weighted by Crippen LogP contribution is -2.32. The molecule has 0 aliphatic carbocycles. The van der Waals surface area contributed by atoms with Crippen molar-refractivity contribution in [2.24, 2.45) is 5.41 Å². The smallest absolute Gasteiger partial charge is 0.309 e. The van der Waals surface area contributed by atoms with Crippen molar-refractivity contribution in [1.82, 2.24) is 5.32 Å². The Bertz CT molecular complexity index is 317. The quantitative estimate of drug-likeness (QED) is 0.710. The molecular weight excluding hydrogens is 213 g/mol. The highest BCUT2D eigenvalue weighted by molar-refractivity contribution is 5.93. The van der Waals surface area contributed by atoms with E-state index in [2.05, 4.69) is 5.32 Å². The molecule has 0 aliphatic rings. The van der Waals surface area contributed by atoms with Crippen molar-refractivity contribution >= 4 is 11.9 Å². The van der Waals surface area contributed by atoms with Crippen molar-refractivity contribution in [2.45, 2.75) is 34.1 Å². The van der Waals surface area contributed by atoms with E-state index in [4.69, 9.17) is 5.11 Å². The average Bonchev–Trinajstić information content (AvgIpc) is 2.15. The molecule has 16 heavy (non-hydrogen) atoms. The summed E-state index contributed by atoms with van der Waals surface area (Å²) >= 11 is 0. The minimum atomic E-state index is -0.921. The SMILES string of the molecule is CC(F)=C(C)C(=O)NCCC(C)(C)C(=O)O. The summed E-state index contributed by atoms with van der Waals surface area (Å²) in [6, 6.07) is 0. The predicted molar refractivity (Wildman–Crippen MR) is 58.5 cm³/mol. The number of aliphatic carboxylic acids is 1. The van der Waals surface area contributed by atoms with E-state index in [1.807, 2.05) is 0 Å². The molecule has 0 rings (SSSR count). The highest BCUT2D eigenvalue weighted by Gasteiger charge is 2.26. The van der Waals surface area contributed by atoms with E-state index in [0.29, 0.717) is 6.42 Å². The third-order valence-corrected chi connectivity index (χ3v) is 2.47. The summed E-state index contributed by atoms with van der Waals surface area (Å²) in [5.41, 5.74) is -0.872. The van der Waals surface area contributed by atoms with Gasteiger partial charge in [-0.05, 0) is 34.1 Å². The van der Waals surface area contributed by atoms with Crippen LogP contribution in [0.1, 0.15) is 34.1 Å². The Morgan fingerprint density at radius 2 is 1.81 bits per heavy atom. The second-order valence-electron chi connectivity index (χ2n) is 4.35. The van der Waals surface area contributed by atoms with E-state index in [-0.39, 0.29) is 12.1 Å². The fourth-order valence-electron chi connectivity index (χ4n) is 0.884. The Balaban J connectivity index is 4.16. The molecule has 0 aliphatic heterocycles. The molecule has 0 aromatic heterocycles. The van der Waals surface area contributed by atoms with Gasteiger partial charge >= 0.3 is 5.97 Å². The topological polar surface area (TPSA) is 66.4 Å². The number of allylic oxidation sites excluding steroid dienone is 1. The summed E-state index contributed by atoms with van der Waals surface area (Å²) in [4.78, 5) is 22.0. The van der Waals surface area contributed by atoms with E-state index in [1.54, 1.807) is 13.8 Å². The molecule has 0 saturated carbocycles. The van der Waals surface area contributed by atoms with Gasteiger partial charge in [-0.15, -0.1) is 0 Å². The van der Waals surface area contributed by atoms with Gasteiger partial charge in [0.2, 0.25) is 5.91 Å². The number of rotatable bonds is 5. The van der Waals surface area contributed by atoms with E-state index in [0.717, 1.165) is 0 Å².